The molecule has 1 aliphatic heterocycles. The predicted octanol–water partition coefficient (Wildman–Crippen LogP) is 2.39. The van der Waals surface area contributed by atoms with E-state index in [0.717, 1.165) is 36.9 Å². The second kappa shape index (κ2) is 11.1. The molecule has 32 heavy (non-hydrogen) atoms. The Morgan fingerprint density at radius 1 is 1.06 bits per heavy atom. The Morgan fingerprint density at radius 2 is 1.91 bits per heavy atom. The highest BCUT2D eigenvalue weighted by Gasteiger charge is 2.34. The van der Waals surface area contributed by atoms with Gasteiger partial charge in [0.25, 0.3) is 0 Å². The summed E-state index contributed by atoms with van der Waals surface area (Å²) < 4.78 is 6.21. The third kappa shape index (κ3) is 6.09. The fourth-order valence-electron chi connectivity index (χ4n) is 4.53. The number of hydrogen-bond donors (Lipinski definition) is 0. The van der Waals surface area contributed by atoms with E-state index in [0.29, 0.717) is 32.5 Å². The highest BCUT2D eigenvalue weighted by Crippen LogP contribution is 2.25. The summed E-state index contributed by atoms with van der Waals surface area (Å²) in [5, 5.41) is 0. The van der Waals surface area contributed by atoms with E-state index in [2.05, 4.69) is 15.0 Å². The number of carbonyl (C=O) groups is 2. The first kappa shape index (κ1) is 22.3. The normalized spacial score (nSPS) is 20.2. The van der Waals surface area contributed by atoms with Gasteiger partial charge in [0.05, 0.1) is 24.9 Å². The second-order valence-electron chi connectivity index (χ2n) is 8.60. The van der Waals surface area contributed by atoms with E-state index in [9.17, 15) is 9.59 Å². The summed E-state index contributed by atoms with van der Waals surface area (Å²) in [5.41, 5.74) is 1.75. The van der Waals surface area contributed by atoms with Crippen LogP contribution in [-0.4, -0.2) is 68.3 Å². The first-order valence-corrected chi connectivity index (χ1v) is 11.5. The second-order valence-corrected chi connectivity index (χ2v) is 8.60. The van der Waals surface area contributed by atoms with Crippen molar-refractivity contribution in [3.05, 3.63) is 54.4 Å². The SMILES string of the molecule is O=C(CCc1cnccn1)N1CC(=O)N(C2CCCCC2)CC(OCc2cccnc2)C1. The molecule has 2 fully saturated rings. The van der Waals surface area contributed by atoms with Gasteiger partial charge in [-0.2, -0.15) is 0 Å². The summed E-state index contributed by atoms with van der Waals surface area (Å²) >= 11 is 0. The van der Waals surface area contributed by atoms with Crippen molar-refractivity contribution in [2.45, 2.75) is 63.7 Å². The monoisotopic (exact) mass is 437 g/mol. The molecule has 0 aromatic carbocycles. The molecule has 1 saturated carbocycles. The van der Waals surface area contributed by atoms with Crippen LogP contribution in [0.4, 0.5) is 0 Å². The highest BCUT2D eigenvalue weighted by molar-refractivity contribution is 5.85. The Balaban J connectivity index is 1.44. The molecule has 8 heteroatoms. The minimum Gasteiger partial charge on any atom is -0.370 e. The van der Waals surface area contributed by atoms with Gasteiger partial charge in [-0.25, -0.2) is 0 Å². The summed E-state index contributed by atoms with van der Waals surface area (Å²) in [5.74, 6) is -0.0262. The first-order valence-electron chi connectivity index (χ1n) is 11.5. The van der Waals surface area contributed by atoms with Gasteiger partial charge < -0.3 is 14.5 Å². The van der Waals surface area contributed by atoms with Gasteiger partial charge >= 0.3 is 0 Å². The number of hydrogen-bond acceptors (Lipinski definition) is 6. The van der Waals surface area contributed by atoms with Gasteiger partial charge in [-0.05, 0) is 30.9 Å². The molecule has 0 radical (unpaired) electrons. The zero-order chi connectivity index (χ0) is 22.2. The molecular formula is C24H31N5O3. The number of aromatic nitrogens is 3. The molecule has 3 heterocycles. The Hall–Kier alpha value is -2.87. The minimum atomic E-state index is -0.232. The standard InChI is InChI=1S/C24H31N5O3/c30-23(9-8-20-14-26-11-12-27-20)28-15-22(32-18-19-5-4-10-25-13-19)16-29(24(31)17-28)21-6-2-1-3-7-21/h4-5,10-14,21-22H,1-3,6-9,15-18H2. The molecule has 1 atom stereocenters. The van der Waals surface area contributed by atoms with Crippen LogP contribution in [0.5, 0.6) is 0 Å². The summed E-state index contributed by atoms with van der Waals surface area (Å²) in [4.78, 5) is 42.3. The maximum absolute atomic E-state index is 13.2. The molecule has 0 N–H and O–H groups in total. The molecular weight excluding hydrogens is 406 g/mol. The van der Waals surface area contributed by atoms with E-state index in [1.54, 1.807) is 35.9 Å². The van der Waals surface area contributed by atoms with Crippen molar-refractivity contribution in [1.29, 1.82) is 0 Å². The van der Waals surface area contributed by atoms with Gasteiger partial charge in [-0.1, -0.05) is 25.3 Å². The average molecular weight is 438 g/mol. The van der Waals surface area contributed by atoms with Crippen LogP contribution in [-0.2, 0) is 27.4 Å². The molecule has 8 nitrogen and oxygen atoms in total. The van der Waals surface area contributed by atoms with Gasteiger partial charge in [0, 0.05) is 56.5 Å². The van der Waals surface area contributed by atoms with Crippen LogP contribution in [0.1, 0.15) is 49.8 Å². The maximum atomic E-state index is 13.2. The van der Waals surface area contributed by atoms with Gasteiger partial charge in [-0.3, -0.25) is 24.5 Å². The molecule has 1 unspecified atom stereocenters. The topological polar surface area (TPSA) is 88.5 Å². The molecule has 4 rings (SSSR count). The Morgan fingerprint density at radius 3 is 2.66 bits per heavy atom. The Labute approximate surface area is 189 Å². The van der Waals surface area contributed by atoms with Gasteiger partial charge in [0.1, 0.15) is 0 Å². The van der Waals surface area contributed by atoms with Crippen LogP contribution in [0, 0.1) is 0 Å². The van der Waals surface area contributed by atoms with E-state index in [1.807, 2.05) is 17.0 Å². The minimum absolute atomic E-state index is 0.0252. The van der Waals surface area contributed by atoms with Gasteiger partial charge in [0.2, 0.25) is 11.8 Å². The molecule has 0 spiro atoms. The fourth-order valence-corrected chi connectivity index (χ4v) is 4.53. The zero-order valence-electron chi connectivity index (χ0n) is 18.4. The van der Waals surface area contributed by atoms with E-state index >= 15 is 0 Å². The van der Waals surface area contributed by atoms with Crippen molar-refractivity contribution >= 4 is 11.8 Å². The molecule has 2 aromatic heterocycles. The van der Waals surface area contributed by atoms with E-state index < -0.39 is 0 Å². The third-order valence-corrected chi connectivity index (χ3v) is 6.26. The molecule has 1 saturated heterocycles. The smallest absolute Gasteiger partial charge is 0.242 e. The number of nitrogens with zero attached hydrogens (tertiary/aromatic N) is 5. The number of ether oxygens (including phenoxy) is 1. The van der Waals surface area contributed by atoms with Crippen LogP contribution in [0.2, 0.25) is 0 Å². The van der Waals surface area contributed by atoms with Crippen LogP contribution in [0.3, 0.4) is 0 Å². The Kier molecular flexibility index (Phi) is 7.77. The lowest BCUT2D eigenvalue weighted by Gasteiger charge is -2.34. The molecule has 170 valence electrons. The predicted molar refractivity (Wildman–Crippen MR) is 118 cm³/mol. The van der Waals surface area contributed by atoms with Crippen LogP contribution >= 0.6 is 0 Å². The van der Waals surface area contributed by atoms with Crippen molar-refractivity contribution in [1.82, 2.24) is 24.8 Å². The number of aryl methyl sites for hydroxylation is 1. The van der Waals surface area contributed by atoms with E-state index in [-0.39, 0.29) is 30.5 Å². The first-order chi connectivity index (χ1) is 15.7. The number of carbonyl (C=O) groups excluding carboxylic acids is 2. The number of amides is 2. The van der Waals surface area contributed by atoms with E-state index in [1.165, 1.54) is 6.42 Å². The lowest BCUT2D eigenvalue weighted by molar-refractivity contribution is -0.140. The highest BCUT2D eigenvalue weighted by atomic mass is 16.5. The molecule has 0 bridgehead atoms. The summed E-state index contributed by atoms with van der Waals surface area (Å²) in [7, 11) is 0. The Bertz CT molecular complexity index is 874. The van der Waals surface area contributed by atoms with E-state index in [4.69, 9.17) is 4.74 Å². The molecule has 1 aliphatic carbocycles. The van der Waals surface area contributed by atoms with Crippen LogP contribution in [0.15, 0.2) is 43.1 Å². The molecule has 2 aliphatic rings. The summed E-state index contributed by atoms with van der Waals surface area (Å²) in [6.07, 6.45) is 14.6. The van der Waals surface area contributed by atoms with Crippen molar-refractivity contribution in [3.8, 4) is 0 Å². The quantitative estimate of drug-likeness (QED) is 0.661. The van der Waals surface area contributed by atoms with Crippen molar-refractivity contribution in [2.24, 2.45) is 0 Å². The molecule has 2 aromatic rings. The van der Waals surface area contributed by atoms with Crippen LogP contribution in [0.25, 0.3) is 0 Å². The van der Waals surface area contributed by atoms with Crippen molar-refractivity contribution in [2.75, 3.05) is 19.6 Å². The van der Waals surface area contributed by atoms with Gasteiger partial charge in [0.15, 0.2) is 0 Å². The van der Waals surface area contributed by atoms with Crippen molar-refractivity contribution in [3.63, 3.8) is 0 Å². The number of rotatable bonds is 7. The lowest BCUT2D eigenvalue weighted by atomic mass is 9.94. The maximum Gasteiger partial charge on any atom is 0.242 e. The van der Waals surface area contributed by atoms with Crippen molar-refractivity contribution < 1.29 is 14.3 Å². The zero-order valence-corrected chi connectivity index (χ0v) is 18.4. The average Bonchev–Trinajstić information content (AvgIpc) is 3.02. The fraction of sp³-hybridized carbons (Fsp3) is 0.542. The molecule has 2 amide bonds. The largest absolute Gasteiger partial charge is 0.370 e. The summed E-state index contributed by atoms with van der Waals surface area (Å²) in [6.45, 7) is 1.46. The third-order valence-electron chi connectivity index (χ3n) is 6.26. The van der Waals surface area contributed by atoms with Crippen LogP contribution < -0.4 is 0 Å². The summed E-state index contributed by atoms with van der Waals surface area (Å²) in [6, 6.07) is 4.10. The van der Waals surface area contributed by atoms with Gasteiger partial charge in [-0.15, -0.1) is 0 Å². The number of pyridine rings is 1. The lowest BCUT2D eigenvalue weighted by Crippen LogP contribution is -2.46.